The Morgan fingerprint density at radius 1 is 1.15 bits per heavy atom. The van der Waals surface area contributed by atoms with Crippen molar-refractivity contribution in [2.45, 2.75) is 32.2 Å². The van der Waals surface area contributed by atoms with E-state index in [9.17, 15) is 4.79 Å². The molecule has 5 rings (SSSR count). The fourth-order valence-corrected chi connectivity index (χ4v) is 4.47. The van der Waals surface area contributed by atoms with Crippen LogP contribution in [0.3, 0.4) is 0 Å². The smallest absolute Gasteiger partial charge is 0.273 e. The van der Waals surface area contributed by atoms with Crippen LogP contribution in [0.5, 0.6) is 0 Å². The summed E-state index contributed by atoms with van der Waals surface area (Å²) >= 11 is 5.97. The highest BCUT2D eigenvalue weighted by atomic mass is 35.5. The molecule has 0 radical (unpaired) electrons. The summed E-state index contributed by atoms with van der Waals surface area (Å²) in [6.07, 6.45) is 4.08. The largest absolute Gasteiger partial charge is 0.443 e. The number of hydrogen-bond acceptors (Lipinski definition) is 7. The Bertz CT molecular complexity index is 1130. The summed E-state index contributed by atoms with van der Waals surface area (Å²) in [5.74, 6) is 1.80. The Balaban J connectivity index is 1.33. The Hall–Kier alpha value is -2.97. The number of halogens is 1. The number of benzene rings is 1. The molecule has 33 heavy (non-hydrogen) atoms. The molecule has 8 nitrogen and oxygen atoms in total. The first-order valence-electron chi connectivity index (χ1n) is 11.3. The maximum atomic E-state index is 13.5. The van der Waals surface area contributed by atoms with Gasteiger partial charge in [0.05, 0.1) is 19.4 Å². The van der Waals surface area contributed by atoms with Crippen molar-refractivity contribution >= 4 is 23.5 Å². The van der Waals surface area contributed by atoms with Crippen molar-refractivity contribution in [2.24, 2.45) is 0 Å². The van der Waals surface area contributed by atoms with Gasteiger partial charge < -0.3 is 19.0 Å². The van der Waals surface area contributed by atoms with Gasteiger partial charge >= 0.3 is 0 Å². The van der Waals surface area contributed by atoms with Crippen LogP contribution < -0.4 is 4.90 Å². The van der Waals surface area contributed by atoms with E-state index in [-0.39, 0.29) is 11.9 Å². The zero-order chi connectivity index (χ0) is 22.8. The fraction of sp³-hybridized carbons (Fsp3) is 0.417. The second kappa shape index (κ2) is 9.49. The van der Waals surface area contributed by atoms with Crippen molar-refractivity contribution in [3.05, 3.63) is 70.2 Å². The number of aryl methyl sites for hydroxylation is 1. The summed E-state index contributed by atoms with van der Waals surface area (Å²) in [5.41, 5.74) is 2.27. The van der Waals surface area contributed by atoms with Gasteiger partial charge in [0, 0.05) is 36.8 Å². The van der Waals surface area contributed by atoms with E-state index in [2.05, 4.69) is 19.9 Å². The van der Waals surface area contributed by atoms with E-state index in [4.69, 9.17) is 20.8 Å². The van der Waals surface area contributed by atoms with E-state index in [0.29, 0.717) is 48.7 Å². The number of carbonyl (C=O) groups excluding carboxylic acids is 1. The van der Waals surface area contributed by atoms with Crippen molar-refractivity contribution in [1.29, 1.82) is 0 Å². The third-order valence-electron chi connectivity index (χ3n) is 6.02. The number of likely N-dealkylation sites (tertiary alicyclic amines) is 1. The van der Waals surface area contributed by atoms with Crippen molar-refractivity contribution < 1.29 is 13.9 Å². The van der Waals surface area contributed by atoms with Gasteiger partial charge in [0.25, 0.3) is 5.91 Å². The Morgan fingerprint density at radius 3 is 2.73 bits per heavy atom. The van der Waals surface area contributed by atoms with E-state index in [1.165, 1.54) is 0 Å². The maximum Gasteiger partial charge on any atom is 0.273 e. The van der Waals surface area contributed by atoms with Gasteiger partial charge in [-0.1, -0.05) is 23.7 Å². The number of oxazole rings is 1. The van der Waals surface area contributed by atoms with Crippen molar-refractivity contribution in [2.75, 3.05) is 37.7 Å². The van der Waals surface area contributed by atoms with Gasteiger partial charge in [-0.15, -0.1) is 0 Å². The van der Waals surface area contributed by atoms with Crippen LogP contribution in [0.25, 0.3) is 0 Å². The standard InChI is InChI=1S/C24H26ClN5O3/c1-16-13-20(28-24(27-16)29-9-11-32-12-10-29)23(31)30-8-2-3-21(30)22-26-15-19(33-22)14-17-4-6-18(25)7-5-17/h4-7,13,15,21H,2-3,8-12,14H2,1H3/t21-/m1/s1. The third-order valence-corrected chi connectivity index (χ3v) is 6.27. The van der Waals surface area contributed by atoms with Crippen LogP contribution in [0.4, 0.5) is 5.95 Å². The number of hydrogen-bond donors (Lipinski definition) is 0. The van der Waals surface area contributed by atoms with Gasteiger partial charge in [-0.3, -0.25) is 4.79 Å². The second-order valence-corrected chi connectivity index (χ2v) is 8.86. The lowest BCUT2D eigenvalue weighted by Crippen LogP contribution is -2.38. The SMILES string of the molecule is Cc1cc(C(=O)N2CCC[C@@H]2c2ncc(Cc3ccc(Cl)cc3)o2)nc(N2CCOCC2)n1. The van der Waals surface area contributed by atoms with Crippen molar-refractivity contribution in [3.8, 4) is 0 Å². The molecule has 0 unspecified atom stereocenters. The highest BCUT2D eigenvalue weighted by Crippen LogP contribution is 2.33. The summed E-state index contributed by atoms with van der Waals surface area (Å²) in [5, 5.41) is 0.703. The summed E-state index contributed by atoms with van der Waals surface area (Å²) in [6, 6.07) is 9.22. The lowest BCUT2D eigenvalue weighted by molar-refractivity contribution is 0.0708. The van der Waals surface area contributed by atoms with Crippen molar-refractivity contribution in [3.63, 3.8) is 0 Å². The minimum Gasteiger partial charge on any atom is -0.443 e. The minimum absolute atomic E-state index is 0.116. The van der Waals surface area contributed by atoms with Crippen LogP contribution in [0.15, 0.2) is 40.9 Å². The molecular weight excluding hydrogens is 442 g/mol. The highest BCUT2D eigenvalue weighted by molar-refractivity contribution is 6.30. The molecule has 0 spiro atoms. The van der Waals surface area contributed by atoms with E-state index in [1.54, 1.807) is 12.3 Å². The van der Waals surface area contributed by atoms with Crippen LogP contribution in [-0.4, -0.2) is 58.6 Å². The molecular formula is C24H26ClN5O3. The molecule has 1 aromatic carbocycles. The molecule has 3 aromatic rings. The number of amides is 1. The third kappa shape index (κ3) is 4.86. The number of nitrogens with zero attached hydrogens (tertiary/aromatic N) is 5. The zero-order valence-electron chi connectivity index (χ0n) is 18.5. The van der Waals surface area contributed by atoms with Crippen LogP contribution in [0.1, 0.15) is 52.3 Å². The monoisotopic (exact) mass is 467 g/mol. The molecule has 0 saturated carbocycles. The predicted molar refractivity (Wildman–Crippen MR) is 124 cm³/mol. The number of morpholine rings is 1. The van der Waals surface area contributed by atoms with E-state index >= 15 is 0 Å². The number of carbonyl (C=O) groups is 1. The number of ether oxygens (including phenoxy) is 1. The van der Waals surface area contributed by atoms with Gasteiger partial charge in [-0.2, -0.15) is 0 Å². The summed E-state index contributed by atoms with van der Waals surface area (Å²) in [7, 11) is 0. The molecule has 2 aromatic heterocycles. The Morgan fingerprint density at radius 2 is 1.94 bits per heavy atom. The van der Waals surface area contributed by atoms with Gasteiger partial charge in [0.15, 0.2) is 0 Å². The average molecular weight is 468 g/mol. The van der Waals surface area contributed by atoms with Crippen molar-refractivity contribution in [1.82, 2.24) is 19.9 Å². The van der Waals surface area contributed by atoms with E-state index in [0.717, 1.165) is 42.9 Å². The quantitative estimate of drug-likeness (QED) is 0.563. The highest BCUT2D eigenvalue weighted by Gasteiger charge is 2.35. The molecule has 9 heteroatoms. The van der Waals surface area contributed by atoms with Gasteiger partial charge in [0.1, 0.15) is 17.5 Å². The average Bonchev–Trinajstić information content (AvgIpc) is 3.50. The summed E-state index contributed by atoms with van der Waals surface area (Å²) in [6.45, 7) is 5.25. The summed E-state index contributed by atoms with van der Waals surface area (Å²) in [4.78, 5) is 31.0. The van der Waals surface area contributed by atoms with Crippen LogP contribution in [-0.2, 0) is 11.2 Å². The minimum atomic E-state index is -0.196. The molecule has 2 aliphatic heterocycles. The molecule has 2 fully saturated rings. The second-order valence-electron chi connectivity index (χ2n) is 8.42. The molecule has 2 aliphatic rings. The molecule has 0 N–H and O–H groups in total. The van der Waals surface area contributed by atoms with Crippen LogP contribution in [0.2, 0.25) is 5.02 Å². The molecule has 4 heterocycles. The number of anilines is 1. The zero-order valence-corrected chi connectivity index (χ0v) is 19.3. The van der Waals surface area contributed by atoms with Crippen LogP contribution >= 0.6 is 11.6 Å². The Kier molecular flexibility index (Phi) is 6.28. The number of aromatic nitrogens is 3. The normalized spacial score (nSPS) is 18.7. The Labute approximate surface area is 197 Å². The van der Waals surface area contributed by atoms with E-state index in [1.807, 2.05) is 36.1 Å². The summed E-state index contributed by atoms with van der Waals surface area (Å²) < 4.78 is 11.5. The van der Waals surface area contributed by atoms with Gasteiger partial charge in [-0.25, -0.2) is 15.0 Å². The lowest BCUT2D eigenvalue weighted by atomic mass is 10.1. The molecule has 172 valence electrons. The predicted octanol–water partition coefficient (Wildman–Crippen LogP) is 3.83. The first-order valence-corrected chi connectivity index (χ1v) is 11.6. The fourth-order valence-electron chi connectivity index (χ4n) is 4.34. The first kappa shape index (κ1) is 21.9. The molecule has 1 amide bonds. The number of rotatable bonds is 5. The van der Waals surface area contributed by atoms with Gasteiger partial charge in [0.2, 0.25) is 11.8 Å². The first-order chi connectivity index (χ1) is 16.1. The molecule has 2 saturated heterocycles. The van der Waals surface area contributed by atoms with Crippen LogP contribution in [0, 0.1) is 6.92 Å². The lowest BCUT2D eigenvalue weighted by Gasteiger charge is -2.27. The molecule has 0 bridgehead atoms. The van der Waals surface area contributed by atoms with E-state index < -0.39 is 0 Å². The molecule has 0 aliphatic carbocycles. The topological polar surface area (TPSA) is 84.6 Å². The maximum absolute atomic E-state index is 13.5. The van der Waals surface area contributed by atoms with Gasteiger partial charge in [-0.05, 0) is 43.5 Å². The molecule has 1 atom stereocenters.